The number of nitrogens with two attached hydrogens (primary N) is 1. The largest absolute Gasteiger partial charge is 0.497 e. The third-order valence-corrected chi connectivity index (χ3v) is 4.84. The molecule has 3 aromatic rings. The zero-order chi connectivity index (χ0) is 20.1. The molecule has 0 spiro atoms. The predicted molar refractivity (Wildman–Crippen MR) is 104 cm³/mol. The molecule has 0 aliphatic heterocycles. The maximum Gasteiger partial charge on any atom is 0.318 e. The normalized spacial score (nSPS) is 11.6. The Morgan fingerprint density at radius 2 is 1.82 bits per heavy atom. The summed E-state index contributed by atoms with van der Waals surface area (Å²) in [5.41, 5.74) is 6.63. The molecule has 3 rings (SSSR count). The number of carbonyl (C=O) groups excluding carboxylic acids is 2. The molecule has 9 nitrogen and oxygen atoms in total. The molecule has 0 aliphatic carbocycles. The minimum atomic E-state index is -0.897. The van der Waals surface area contributed by atoms with E-state index in [-0.39, 0.29) is 0 Å². The molecule has 3 N–H and O–H groups in total. The number of nitrogens with one attached hydrogen (secondary N) is 1. The highest BCUT2D eigenvalue weighted by Gasteiger charge is 2.22. The first kappa shape index (κ1) is 19.4. The number of rotatable bonds is 6. The first-order valence-electron chi connectivity index (χ1n) is 8.26. The first-order valence-corrected chi connectivity index (χ1v) is 9.14. The van der Waals surface area contributed by atoms with Gasteiger partial charge < -0.3 is 10.5 Å². The van der Waals surface area contributed by atoms with E-state index in [4.69, 9.17) is 10.5 Å². The number of hydrogen-bond donors (Lipinski definition) is 2. The van der Waals surface area contributed by atoms with E-state index in [0.717, 1.165) is 23.0 Å². The molecule has 1 unspecified atom stereocenters. The molecule has 0 saturated carbocycles. The smallest absolute Gasteiger partial charge is 0.318 e. The summed E-state index contributed by atoms with van der Waals surface area (Å²) in [4.78, 5) is 27.0. The van der Waals surface area contributed by atoms with Crippen molar-refractivity contribution < 1.29 is 14.3 Å². The van der Waals surface area contributed by atoms with Crippen molar-refractivity contribution in [2.75, 3.05) is 7.11 Å². The van der Waals surface area contributed by atoms with Crippen LogP contribution in [0, 0.1) is 0 Å². The lowest BCUT2D eigenvalue weighted by Gasteiger charge is -2.13. The highest BCUT2D eigenvalue weighted by Crippen LogP contribution is 2.30. The third kappa shape index (κ3) is 4.29. The van der Waals surface area contributed by atoms with Crippen molar-refractivity contribution in [3.8, 4) is 22.8 Å². The summed E-state index contributed by atoms with van der Waals surface area (Å²) < 4.78 is 7.04. The van der Waals surface area contributed by atoms with Crippen molar-refractivity contribution in [3.63, 3.8) is 0 Å². The van der Waals surface area contributed by atoms with Gasteiger partial charge in [0.25, 0.3) is 0 Å². The lowest BCUT2D eigenvalue weighted by molar-refractivity contribution is -0.119. The summed E-state index contributed by atoms with van der Waals surface area (Å²) in [7, 11) is 1.59. The molecule has 3 amide bonds. The van der Waals surface area contributed by atoms with Gasteiger partial charge in [0.05, 0.1) is 12.4 Å². The highest BCUT2D eigenvalue weighted by atomic mass is 32.2. The maximum absolute atomic E-state index is 12.1. The number of carbonyl (C=O) groups is 2. The van der Waals surface area contributed by atoms with E-state index in [9.17, 15) is 9.59 Å². The second-order valence-electron chi connectivity index (χ2n) is 5.69. The first-order chi connectivity index (χ1) is 13.5. The molecule has 0 aliphatic rings. The monoisotopic (exact) mass is 398 g/mol. The molecule has 0 fully saturated rings. The topological polar surface area (TPSA) is 125 Å². The van der Waals surface area contributed by atoms with E-state index in [1.165, 1.54) is 0 Å². The number of aromatic nitrogens is 4. The third-order valence-electron chi connectivity index (χ3n) is 3.80. The molecule has 0 radical (unpaired) electrons. The van der Waals surface area contributed by atoms with E-state index in [1.807, 2.05) is 41.0 Å². The van der Waals surface area contributed by atoms with Crippen LogP contribution in [0.5, 0.6) is 5.75 Å². The number of primary amides is 1. The molecule has 28 heavy (non-hydrogen) atoms. The Bertz CT molecular complexity index is 975. The van der Waals surface area contributed by atoms with Crippen LogP contribution < -0.4 is 15.8 Å². The zero-order valence-electron chi connectivity index (χ0n) is 15.2. The molecule has 2 heterocycles. The Labute approximate surface area is 165 Å². The zero-order valence-corrected chi connectivity index (χ0v) is 16.0. The summed E-state index contributed by atoms with van der Waals surface area (Å²) in [6, 6.07) is 10.1. The van der Waals surface area contributed by atoms with Gasteiger partial charge in [-0.25, -0.2) is 4.79 Å². The van der Waals surface area contributed by atoms with Gasteiger partial charge in [0.1, 0.15) is 5.75 Å². The van der Waals surface area contributed by atoms with Gasteiger partial charge in [-0.05, 0) is 43.3 Å². The van der Waals surface area contributed by atoms with Crippen LogP contribution >= 0.6 is 11.8 Å². The van der Waals surface area contributed by atoms with Gasteiger partial charge >= 0.3 is 6.03 Å². The fourth-order valence-corrected chi connectivity index (χ4v) is 3.30. The van der Waals surface area contributed by atoms with Crippen LogP contribution in [-0.2, 0) is 4.79 Å². The Morgan fingerprint density at radius 1 is 1.14 bits per heavy atom. The fraction of sp³-hybridized carbons (Fsp3) is 0.167. The number of methoxy groups -OCH3 is 1. The van der Waals surface area contributed by atoms with Crippen molar-refractivity contribution in [2.45, 2.75) is 17.3 Å². The number of hydrogen-bond acceptors (Lipinski definition) is 7. The van der Waals surface area contributed by atoms with Gasteiger partial charge in [0, 0.05) is 23.6 Å². The fourth-order valence-electron chi connectivity index (χ4n) is 2.43. The Kier molecular flexibility index (Phi) is 5.90. The Hall–Kier alpha value is -3.40. The van der Waals surface area contributed by atoms with E-state index >= 15 is 0 Å². The number of imide groups is 1. The van der Waals surface area contributed by atoms with Gasteiger partial charge in [-0.2, -0.15) is 0 Å². The van der Waals surface area contributed by atoms with Crippen LogP contribution in [0.15, 0.2) is 53.9 Å². The summed E-state index contributed by atoms with van der Waals surface area (Å²) in [5, 5.41) is 10.5. The average Bonchev–Trinajstić information content (AvgIpc) is 3.11. The van der Waals surface area contributed by atoms with Crippen LogP contribution in [0.1, 0.15) is 6.92 Å². The van der Waals surface area contributed by atoms with E-state index in [2.05, 4.69) is 20.5 Å². The Balaban J connectivity index is 2.01. The van der Waals surface area contributed by atoms with Gasteiger partial charge in [0.15, 0.2) is 11.0 Å². The molecule has 144 valence electrons. The number of benzene rings is 1. The van der Waals surface area contributed by atoms with Crippen molar-refractivity contribution in [2.24, 2.45) is 5.73 Å². The average molecular weight is 398 g/mol. The second kappa shape index (κ2) is 8.53. The molecule has 0 bridgehead atoms. The van der Waals surface area contributed by atoms with Gasteiger partial charge in [-0.15, -0.1) is 10.2 Å². The van der Waals surface area contributed by atoms with Crippen LogP contribution in [-0.4, -0.2) is 44.0 Å². The standard InChI is InChI=1S/C18H18N6O3S/c1-11(16(25)21-17(19)26)28-18-23-22-15(12-7-9-20-10-8-12)24(18)13-3-5-14(27-2)6-4-13/h3-11H,1-2H3,(H3,19,21,25,26). The quantitative estimate of drug-likeness (QED) is 0.608. The number of thioether (sulfide) groups is 1. The molecule has 1 aromatic carbocycles. The van der Waals surface area contributed by atoms with Gasteiger partial charge in [-0.1, -0.05) is 11.8 Å². The van der Waals surface area contributed by atoms with Crippen LogP contribution in [0.2, 0.25) is 0 Å². The lowest BCUT2D eigenvalue weighted by Crippen LogP contribution is -2.39. The Morgan fingerprint density at radius 3 is 2.43 bits per heavy atom. The molecule has 2 aromatic heterocycles. The van der Waals surface area contributed by atoms with E-state index in [0.29, 0.717) is 16.7 Å². The van der Waals surface area contributed by atoms with Crippen molar-refractivity contribution in [1.82, 2.24) is 25.1 Å². The van der Waals surface area contributed by atoms with E-state index in [1.54, 1.807) is 26.4 Å². The van der Waals surface area contributed by atoms with Crippen molar-refractivity contribution in [1.29, 1.82) is 0 Å². The molecule has 0 saturated heterocycles. The molecule has 10 heteroatoms. The molecular weight excluding hydrogens is 380 g/mol. The van der Waals surface area contributed by atoms with Gasteiger partial charge in [-0.3, -0.25) is 19.7 Å². The maximum atomic E-state index is 12.1. The summed E-state index contributed by atoms with van der Waals surface area (Å²) in [5.74, 6) is 0.801. The highest BCUT2D eigenvalue weighted by molar-refractivity contribution is 8.00. The van der Waals surface area contributed by atoms with Crippen LogP contribution in [0.4, 0.5) is 4.79 Å². The van der Waals surface area contributed by atoms with Crippen molar-refractivity contribution >= 4 is 23.7 Å². The number of amides is 3. The molecule has 1 atom stereocenters. The number of ether oxygens (including phenoxy) is 1. The SMILES string of the molecule is COc1ccc(-n2c(SC(C)C(=O)NC(N)=O)nnc2-c2ccncc2)cc1. The van der Waals surface area contributed by atoms with E-state index < -0.39 is 17.2 Å². The number of nitrogens with zero attached hydrogens (tertiary/aromatic N) is 4. The summed E-state index contributed by atoms with van der Waals surface area (Å²) in [6.45, 7) is 1.65. The summed E-state index contributed by atoms with van der Waals surface area (Å²) >= 11 is 1.16. The van der Waals surface area contributed by atoms with Crippen molar-refractivity contribution in [3.05, 3.63) is 48.8 Å². The predicted octanol–water partition coefficient (Wildman–Crippen LogP) is 2.01. The minimum absolute atomic E-state index is 0.490. The molecular formula is C18H18N6O3S. The number of pyridine rings is 1. The second-order valence-corrected chi connectivity index (χ2v) is 7.00. The van der Waals surface area contributed by atoms with Crippen LogP contribution in [0.25, 0.3) is 17.1 Å². The number of urea groups is 1. The lowest BCUT2D eigenvalue weighted by atomic mass is 10.2. The van der Waals surface area contributed by atoms with Gasteiger partial charge in [0.2, 0.25) is 5.91 Å². The summed E-state index contributed by atoms with van der Waals surface area (Å²) in [6.07, 6.45) is 3.33. The van der Waals surface area contributed by atoms with Crippen LogP contribution in [0.3, 0.4) is 0 Å². The minimum Gasteiger partial charge on any atom is -0.497 e.